The summed E-state index contributed by atoms with van der Waals surface area (Å²) >= 11 is 3.56. The Bertz CT molecular complexity index is 537. The van der Waals surface area contributed by atoms with Gasteiger partial charge in [-0.05, 0) is 52.3 Å². The molecule has 1 aromatic carbocycles. The molecule has 0 unspecified atom stereocenters. The van der Waals surface area contributed by atoms with Crippen LogP contribution >= 0.6 is 15.9 Å². The summed E-state index contributed by atoms with van der Waals surface area (Å²) in [7, 11) is 0. The van der Waals surface area contributed by atoms with Crippen molar-refractivity contribution in [3.05, 3.63) is 28.2 Å². The molecule has 4 heteroatoms. The normalized spacial score (nSPS) is 21.7. The van der Waals surface area contributed by atoms with Crippen LogP contribution < -0.4 is 10.2 Å². The van der Waals surface area contributed by atoms with Gasteiger partial charge in [-0.25, -0.2) is 0 Å². The van der Waals surface area contributed by atoms with Crippen LogP contribution in [-0.2, 0) is 4.79 Å². The smallest absolute Gasteiger partial charge is 0.234 e. The zero-order valence-corrected chi connectivity index (χ0v) is 14.5. The van der Waals surface area contributed by atoms with E-state index in [0.717, 1.165) is 16.7 Å². The lowest BCUT2D eigenvalue weighted by molar-refractivity contribution is -0.126. The average molecular weight is 339 g/mol. The largest absolute Gasteiger partial charge is 0.313 e. The number of nitrogens with one attached hydrogen (secondary N) is 1. The van der Waals surface area contributed by atoms with Gasteiger partial charge in [0.15, 0.2) is 0 Å². The first kappa shape index (κ1) is 15.5. The molecular weight excluding hydrogens is 316 g/mol. The van der Waals surface area contributed by atoms with Crippen molar-refractivity contribution in [3.63, 3.8) is 0 Å². The highest BCUT2D eigenvalue weighted by molar-refractivity contribution is 9.10. The summed E-state index contributed by atoms with van der Waals surface area (Å²) in [4.78, 5) is 14.9. The summed E-state index contributed by atoms with van der Waals surface area (Å²) < 4.78 is 1.04. The third-order valence-electron chi connectivity index (χ3n) is 3.93. The highest BCUT2D eigenvalue weighted by Gasteiger charge is 2.42. The van der Waals surface area contributed by atoms with Crippen LogP contribution in [0.3, 0.4) is 0 Å². The molecule has 3 nitrogen and oxygen atoms in total. The molecule has 1 saturated heterocycles. The number of nitrogens with zero attached hydrogens (tertiary/aromatic N) is 1. The average Bonchev–Trinajstić information content (AvgIpc) is 2.39. The number of carbonyl (C=O) groups is 1. The van der Waals surface area contributed by atoms with Crippen LogP contribution in [0.5, 0.6) is 0 Å². The lowest BCUT2D eigenvalue weighted by atomic mass is 9.90. The molecule has 0 saturated carbocycles. The van der Waals surface area contributed by atoms with Crippen LogP contribution in [0.1, 0.15) is 33.3 Å². The molecule has 1 aliphatic heterocycles. The molecule has 1 aliphatic rings. The van der Waals surface area contributed by atoms with E-state index in [-0.39, 0.29) is 11.4 Å². The lowest BCUT2D eigenvalue weighted by Crippen LogP contribution is -2.53. The zero-order valence-electron chi connectivity index (χ0n) is 12.9. The quantitative estimate of drug-likeness (QED) is 0.849. The Morgan fingerprint density at radius 3 is 2.45 bits per heavy atom. The number of hydrogen-bond acceptors (Lipinski definition) is 2. The molecule has 0 aromatic heterocycles. The van der Waals surface area contributed by atoms with Crippen molar-refractivity contribution in [2.24, 2.45) is 5.41 Å². The van der Waals surface area contributed by atoms with Crippen LogP contribution in [0.4, 0.5) is 5.69 Å². The molecule has 1 aromatic rings. The molecule has 2 rings (SSSR count). The number of benzene rings is 1. The van der Waals surface area contributed by atoms with E-state index in [2.05, 4.69) is 42.0 Å². The van der Waals surface area contributed by atoms with Gasteiger partial charge >= 0.3 is 0 Å². The van der Waals surface area contributed by atoms with Crippen molar-refractivity contribution in [2.75, 3.05) is 18.0 Å². The maximum atomic E-state index is 12.9. The summed E-state index contributed by atoms with van der Waals surface area (Å²) in [6.07, 6.45) is 0. The van der Waals surface area contributed by atoms with Crippen molar-refractivity contribution >= 4 is 27.5 Å². The summed E-state index contributed by atoms with van der Waals surface area (Å²) in [6, 6.07) is 6.12. The molecule has 110 valence electrons. The summed E-state index contributed by atoms with van der Waals surface area (Å²) in [6.45, 7) is 11.8. The van der Waals surface area contributed by atoms with Gasteiger partial charge in [0.25, 0.3) is 0 Å². The Morgan fingerprint density at radius 1 is 1.20 bits per heavy atom. The van der Waals surface area contributed by atoms with Gasteiger partial charge in [0, 0.05) is 23.2 Å². The Morgan fingerprint density at radius 2 is 1.85 bits per heavy atom. The van der Waals surface area contributed by atoms with Gasteiger partial charge in [0.05, 0.1) is 11.0 Å². The Labute approximate surface area is 129 Å². The predicted molar refractivity (Wildman–Crippen MR) is 87.1 cm³/mol. The van der Waals surface area contributed by atoms with Crippen molar-refractivity contribution in [2.45, 2.75) is 40.2 Å². The fourth-order valence-corrected chi connectivity index (χ4v) is 2.97. The van der Waals surface area contributed by atoms with E-state index in [4.69, 9.17) is 0 Å². The van der Waals surface area contributed by atoms with E-state index in [1.54, 1.807) is 0 Å². The number of anilines is 1. The minimum atomic E-state index is -0.398. The molecule has 0 radical (unpaired) electrons. The van der Waals surface area contributed by atoms with E-state index in [1.807, 2.05) is 36.9 Å². The maximum absolute atomic E-state index is 12.9. The third kappa shape index (κ3) is 2.77. The number of halogens is 1. The van der Waals surface area contributed by atoms with Gasteiger partial charge in [-0.1, -0.05) is 22.0 Å². The van der Waals surface area contributed by atoms with Gasteiger partial charge < -0.3 is 10.2 Å². The monoisotopic (exact) mass is 338 g/mol. The first-order valence-electron chi connectivity index (χ1n) is 6.97. The van der Waals surface area contributed by atoms with E-state index in [0.29, 0.717) is 6.54 Å². The molecule has 0 spiro atoms. The van der Waals surface area contributed by atoms with Gasteiger partial charge in [0.1, 0.15) is 0 Å². The van der Waals surface area contributed by atoms with Crippen LogP contribution in [0.15, 0.2) is 22.7 Å². The van der Waals surface area contributed by atoms with Crippen LogP contribution in [-0.4, -0.2) is 24.5 Å². The second kappa shape index (κ2) is 5.15. The van der Waals surface area contributed by atoms with Crippen molar-refractivity contribution < 1.29 is 4.79 Å². The number of aryl methyl sites for hydroxylation is 1. The third-order valence-corrected chi connectivity index (χ3v) is 4.78. The maximum Gasteiger partial charge on any atom is 0.234 e. The zero-order chi connectivity index (χ0) is 15.1. The second-order valence-corrected chi connectivity index (χ2v) is 7.73. The Kier molecular flexibility index (Phi) is 4.00. The summed E-state index contributed by atoms with van der Waals surface area (Å²) in [5.41, 5.74) is 1.48. The van der Waals surface area contributed by atoms with Gasteiger partial charge in [-0.2, -0.15) is 0 Å². The van der Waals surface area contributed by atoms with E-state index in [9.17, 15) is 4.79 Å². The number of carbonyl (C=O) groups excluding carboxylic acids is 1. The highest BCUT2D eigenvalue weighted by atomic mass is 79.9. The fourth-order valence-electron chi connectivity index (χ4n) is 2.60. The van der Waals surface area contributed by atoms with E-state index >= 15 is 0 Å². The first-order chi connectivity index (χ1) is 9.15. The molecule has 0 aliphatic carbocycles. The molecule has 1 amide bonds. The molecule has 1 N–H and O–H groups in total. The highest BCUT2D eigenvalue weighted by Crippen LogP contribution is 2.34. The second-order valence-electron chi connectivity index (χ2n) is 6.87. The van der Waals surface area contributed by atoms with E-state index < -0.39 is 5.41 Å². The van der Waals surface area contributed by atoms with Crippen LogP contribution in [0.25, 0.3) is 0 Å². The minimum absolute atomic E-state index is 0.170. The van der Waals surface area contributed by atoms with Crippen LogP contribution in [0, 0.1) is 12.3 Å². The van der Waals surface area contributed by atoms with Gasteiger partial charge in [-0.3, -0.25) is 4.79 Å². The van der Waals surface area contributed by atoms with Gasteiger partial charge in [0.2, 0.25) is 5.91 Å². The number of amides is 1. The summed E-state index contributed by atoms with van der Waals surface area (Å²) in [5, 5.41) is 3.41. The van der Waals surface area contributed by atoms with Crippen molar-refractivity contribution in [1.82, 2.24) is 5.32 Å². The molecular formula is C16H23BrN2O. The molecule has 1 heterocycles. The standard InChI is InChI=1S/C16H23BrN2O/c1-11-6-7-12(8-13(11)17)19-14(20)15(2,3)9-18-10-16(19,4)5/h6-8,18H,9-10H2,1-5H3. The molecule has 1 fully saturated rings. The minimum Gasteiger partial charge on any atom is -0.313 e. The summed E-state index contributed by atoms with van der Waals surface area (Å²) in [5.74, 6) is 0.170. The number of hydrogen-bond donors (Lipinski definition) is 1. The fraction of sp³-hybridized carbons (Fsp3) is 0.562. The van der Waals surface area contributed by atoms with E-state index in [1.165, 1.54) is 5.56 Å². The number of rotatable bonds is 1. The SMILES string of the molecule is Cc1ccc(N2C(=O)C(C)(C)CNCC2(C)C)cc1Br. The Balaban J connectivity index is 2.52. The molecule has 20 heavy (non-hydrogen) atoms. The predicted octanol–water partition coefficient (Wildman–Crippen LogP) is 3.50. The van der Waals surface area contributed by atoms with Crippen molar-refractivity contribution in [3.8, 4) is 0 Å². The Hall–Kier alpha value is -0.870. The van der Waals surface area contributed by atoms with Gasteiger partial charge in [-0.15, -0.1) is 0 Å². The van der Waals surface area contributed by atoms with Crippen molar-refractivity contribution in [1.29, 1.82) is 0 Å². The lowest BCUT2D eigenvalue weighted by Gasteiger charge is -2.39. The van der Waals surface area contributed by atoms with Crippen LogP contribution in [0.2, 0.25) is 0 Å². The molecule has 0 bridgehead atoms. The first-order valence-corrected chi connectivity index (χ1v) is 7.76. The molecule has 0 atom stereocenters. The topological polar surface area (TPSA) is 32.3 Å².